The molecule has 2 unspecified atom stereocenters. The van der Waals surface area contributed by atoms with Crippen molar-refractivity contribution in [3.8, 4) is 0 Å². The first-order chi connectivity index (χ1) is 9.45. The van der Waals surface area contributed by atoms with Gasteiger partial charge >= 0.3 is 0 Å². The van der Waals surface area contributed by atoms with Crippen LogP contribution < -0.4 is 16.4 Å². The minimum atomic E-state index is -0.329. The zero-order valence-corrected chi connectivity index (χ0v) is 13.0. The van der Waals surface area contributed by atoms with Crippen LogP contribution in [-0.4, -0.2) is 18.5 Å². The molecule has 1 amide bonds. The monoisotopic (exact) mass is 343 g/mol. The average molecular weight is 344 g/mol. The van der Waals surface area contributed by atoms with E-state index >= 15 is 0 Å². The normalized spacial score (nSPS) is 22.9. The molecule has 1 aliphatic heterocycles. The lowest BCUT2D eigenvalue weighted by atomic mass is 9.92. The molecule has 2 rings (SSSR count). The number of nitrogens with two attached hydrogens (primary N) is 2. The van der Waals surface area contributed by atoms with Crippen molar-refractivity contribution in [2.24, 2.45) is 17.4 Å². The minimum Gasteiger partial charge on any atom is -0.369 e. The first-order valence-corrected chi connectivity index (χ1v) is 7.48. The van der Waals surface area contributed by atoms with E-state index in [2.05, 4.69) is 15.9 Å². The van der Waals surface area contributed by atoms with Crippen molar-refractivity contribution >= 4 is 27.5 Å². The van der Waals surface area contributed by atoms with Crippen molar-refractivity contribution in [2.45, 2.75) is 32.4 Å². The Kier molecular flexibility index (Phi) is 4.65. The molecular formula is C14H19BrFN3O. The van der Waals surface area contributed by atoms with Crippen LogP contribution in [0.25, 0.3) is 0 Å². The molecule has 0 spiro atoms. The fraction of sp³-hybridized carbons (Fsp3) is 0.500. The molecule has 1 aromatic rings. The molecule has 1 heterocycles. The molecule has 1 saturated heterocycles. The number of carbonyl (C=O) groups is 1. The van der Waals surface area contributed by atoms with Gasteiger partial charge in [-0.15, -0.1) is 0 Å². The van der Waals surface area contributed by atoms with Crippen molar-refractivity contribution in [2.75, 3.05) is 11.4 Å². The topological polar surface area (TPSA) is 72.4 Å². The molecule has 4 N–H and O–H groups in total. The van der Waals surface area contributed by atoms with Gasteiger partial charge in [-0.2, -0.15) is 0 Å². The molecule has 20 heavy (non-hydrogen) atoms. The summed E-state index contributed by atoms with van der Waals surface area (Å²) in [5.74, 6) is -0.872. The molecule has 0 saturated carbocycles. The first kappa shape index (κ1) is 15.3. The second-order valence-electron chi connectivity index (χ2n) is 5.25. The van der Waals surface area contributed by atoms with Crippen LogP contribution in [0.15, 0.2) is 16.6 Å². The van der Waals surface area contributed by atoms with E-state index in [1.807, 2.05) is 17.9 Å². The lowest BCUT2D eigenvalue weighted by Gasteiger charge is -2.39. The van der Waals surface area contributed by atoms with Gasteiger partial charge in [-0.25, -0.2) is 4.39 Å². The predicted octanol–water partition coefficient (Wildman–Crippen LogP) is 2.14. The third-order valence-electron chi connectivity index (χ3n) is 3.96. The minimum absolute atomic E-state index is 0.177. The molecule has 0 radical (unpaired) electrons. The Morgan fingerprint density at radius 2 is 2.20 bits per heavy atom. The summed E-state index contributed by atoms with van der Waals surface area (Å²) in [6.45, 7) is 2.76. The SMILES string of the molecule is CC1CCC(C(N)=O)CN1c1ccc(CN)c(Br)c1F. The van der Waals surface area contributed by atoms with Gasteiger partial charge in [-0.3, -0.25) is 4.79 Å². The average Bonchev–Trinajstić information content (AvgIpc) is 2.42. The first-order valence-electron chi connectivity index (χ1n) is 6.68. The maximum Gasteiger partial charge on any atom is 0.222 e. The molecule has 1 aliphatic rings. The van der Waals surface area contributed by atoms with Crippen LogP contribution in [0.5, 0.6) is 0 Å². The molecule has 2 atom stereocenters. The highest BCUT2D eigenvalue weighted by Crippen LogP contribution is 2.34. The highest BCUT2D eigenvalue weighted by atomic mass is 79.9. The fourth-order valence-corrected chi connectivity index (χ4v) is 3.13. The number of rotatable bonds is 3. The quantitative estimate of drug-likeness (QED) is 0.882. The third-order valence-corrected chi connectivity index (χ3v) is 4.81. The van der Waals surface area contributed by atoms with E-state index in [1.54, 1.807) is 6.07 Å². The van der Waals surface area contributed by atoms with Gasteiger partial charge in [0.2, 0.25) is 5.91 Å². The van der Waals surface area contributed by atoms with E-state index in [9.17, 15) is 9.18 Å². The van der Waals surface area contributed by atoms with Gasteiger partial charge in [0.05, 0.1) is 16.1 Å². The summed E-state index contributed by atoms with van der Waals surface area (Å²) in [6, 6.07) is 3.71. The van der Waals surface area contributed by atoms with Gasteiger partial charge in [-0.1, -0.05) is 6.07 Å². The van der Waals surface area contributed by atoms with Gasteiger partial charge in [-0.05, 0) is 47.3 Å². The van der Waals surface area contributed by atoms with Crippen molar-refractivity contribution in [3.05, 3.63) is 28.0 Å². The van der Waals surface area contributed by atoms with E-state index < -0.39 is 0 Å². The number of anilines is 1. The lowest BCUT2D eigenvalue weighted by molar-refractivity contribution is -0.122. The summed E-state index contributed by atoms with van der Waals surface area (Å²) < 4.78 is 14.9. The van der Waals surface area contributed by atoms with Gasteiger partial charge in [0.25, 0.3) is 0 Å². The summed E-state index contributed by atoms with van der Waals surface area (Å²) in [5.41, 5.74) is 12.2. The highest BCUT2D eigenvalue weighted by molar-refractivity contribution is 9.10. The number of primary amides is 1. The number of hydrogen-bond acceptors (Lipinski definition) is 3. The molecule has 0 aromatic heterocycles. The number of carbonyl (C=O) groups excluding carboxylic acids is 1. The van der Waals surface area contributed by atoms with Crippen LogP contribution in [0, 0.1) is 11.7 Å². The van der Waals surface area contributed by atoms with E-state index in [0.717, 1.165) is 18.4 Å². The number of halogens is 2. The number of amides is 1. The summed E-state index contributed by atoms with van der Waals surface area (Å²) >= 11 is 3.25. The lowest BCUT2D eigenvalue weighted by Crippen LogP contribution is -2.46. The maximum absolute atomic E-state index is 14.5. The van der Waals surface area contributed by atoms with Gasteiger partial charge < -0.3 is 16.4 Å². The summed E-state index contributed by atoms with van der Waals surface area (Å²) in [4.78, 5) is 13.3. The molecule has 1 aromatic carbocycles. The van der Waals surface area contributed by atoms with E-state index in [-0.39, 0.29) is 30.2 Å². The van der Waals surface area contributed by atoms with Crippen LogP contribution in [0.2, 0.25) is 0 Å². The van der Waals surface area contributed by atoms with E-state index in [4.69, 9.17) is 11.5 Å². The number of piperidine rings is 1. The van der Waals surface area contributed by atoms with Crippen LogP contribution >= 0.6 is 15.9 Å². The molecule has 0 bridgehead atoms. The van der Waals surface area contributed by atoms with Gasteiger partial charge in [0, 0.05) is 19.1 Å². The second-order valence-corrected chi connectivity index (χ2v) is 6.05. The number of hydrogen-bond donors (Lipinski definition) is 2. The van der Waals surface area contributed by atoms with Crippen molar-refractivity contribution in [1.82, 2.24) is 0 Å². The molecule has 4 nitrogen and oxygen atoms in total. The fourth-order valence-electron chi connectivity index (χ4n) is 2.63. The standard InChI is InChI=1S/C14H19BrFN3O/c1-8-2-3-10(14(18)20)7-19(8)11-5-4-9(6-17)12(15)13(11)16/h4-5,8,10H,2-3,6-7,17H2,1H3,(H2,18,20). The summed E-state index contributed by atoms with van der Waals surface area (Å²) in [5, 5.41) is 0. The zero-order chi connectivity index (χ0) is 14.9. The molecule has 1 fully saturated rings. The van der Waals surface area contributed by atoms with Crippen LogP contribution in [-0.2, 0) is 11.3 Å². The molecule has 0 aliphatic carbocycles. The van der Waals surface area contributed by atoms with Crippen molar-refractivity contribution in [1.29, 1.82) is 0 Å². The Bertz CT molecular complexity index is 523. The van der Waals surface area contributed by atoms with Crippen LogP contribution in [0.3, 0.4) is 0 Å². The molecular weight excluding hydrogens is 325 g/mol. The Morgan fingerprint density at radius 1 is 1.50 bits per heavy atom. The predicted molar refractivity (Wildman–Crippen MR) is 80.7 cm³/mol. The number of nitrogens with zero attached hydrogens (tertiary/aromatic N) is 1. The molecule has 110 valence electrons. The Balaban J connectivity index is 2.34. The summed E-state index contributed by atoms with van der Waals surface area (Å²) in [7, 11) is 0. The largest absolute Gasteiger partial charge is 0.369 e. The van der Waals surface area contributed by atoms with Crippen molar-refractivity contribution < 1.29 is 9.18 Å². The van der Waals surface area contributed by atoms with E-state index in [0.29, 0.717) is 16.7 Å². The smallest absolute Gasteiger partial charge is 0.222 e. The Labute approximate surface area is 126 Å². The Hall–Kier alpha value is -1.14. The van der Waals surface area contributed by atoms with Gasteiger partial charge in [0.1, 0.15) is 0 Å². The van der Waals surface area contributed by atoms with Crippen LogP contribution in [0.1, 0.15) is 25.3 Å². The maximum atomic E-state index is 14.5. The second kappa shape index (κ2) is 6.10. The Morgan fingerprint density at radius 3 is 2.80 bits per heavy atom. The van der Waals surface area contributed by atoms with E-state index in [1.165, 1.54) is 0 Å². The number of benzene rings is 1. The molecule has 6 heteroatoms. The highest BCUT2D eigenvalue weighted by Gasteiger charge is 2.30. The van der Waals surface area contributed by atoms with Crippen LogP contribution in [0.4, 0.5) is 10.1 Å². The zero-order valence-electron chi connectivity index (χ0n) is 11.4. The van der Waals surface area contributed by atoms with Gasteiger partial charge in [0.15, 0.2) is 5.82 Å². The third kappa shape index (κ3) is 2.81. The summed E-state index contributed by atoms with van der Waals surface area (Å²) in [6.07, 6.45) is 1.58. The van der Waals surface area contributed by atoms with Crippen molar-refractivity contribution in [3.63, 3.8) is 0 Å².